The Balaban J connectivity index is 1.50. The Labute approximate surface area is 149 Å². The summed E-state index contributed by atoms with van der Waals surface area (Å²) >= 11 is 0. The van der Waals surface area contributed by atoms with Gasteiger partial charge in [-0.1, -0.05) is 6.07 Å². The highest BCUT2D eigenvalue weighted by Gasteiger charge is 2.13. The molecule has 0 atom stereocenters. The number of benzene rings is 2. The van der Waals surface area contributed by atoms with Gasteiger partial charge in [-0.25, -0.2) is 4.39 Å². The number of hydrogen-bond donors (Lipinski definition) is 3. The van der Waals surface area contributed by atoms with Crippen LogP contribution in [0.15, 0.2) is 36.4 Å². The molecule has 0 saturated carbocycles. The zero-order chi connectivity index (χ0) is 18.5. The summed E-state index contributed by atoms with van der Waals surface area (Å²) in [6.07, 6.45) is 0. The largest absolute Gasteiger partial charge is 0.454 e. The van der Waals surface area contributed by atoms with E-state index in [0.29, 0.717) is 23.7 Å². The lowest BCUT2D eigenvalue weighted by Crippen LogP contribution is -2.29. The molecule has 3 N–H and O–H groups in total. The number of fused-ring (bicyclic) bond motifs is 1. The molecule has 3 rings (SSSR count). The first kappa shape index (κ1) is 17.5. The van der Waals surface area contributed by atoms with Gasteiger partial charge in [0.05, 0.1) is 12.2 Å². The van der Waals surface area contributed by atoms with Crippen molar-refractivity contribution < 1.29 is 23.5 Å². The molecule has 26 heavy (non-hydrogen) atoms. The molecule has 1 aliphatic heterocycles. The van der Waals surface area contributed by atoms with Crippen molar-refractivity contribution in [2.45, 2.75) is 13.5 Å². The number of anilines is 2. The summed E-state index contributed by atoms with van der Waals surface area (Å²) in [5.74, 6) is 0.202. The van der Waals surface area contributed by atoms with Crippen LogP contribution in [0.4, 0.5) is 15.8 Å². The zero-order valence-corrected chi connectivity index (χ0v) is 14.1. The van der Waals surface area contributed by atoms with Crippen molar-refractivity contribution in [3.8, 4) is 11.5 Å². The molecule has 2 aromatic carbocycles. The number of rotatable bonds is 6. The van der Waals surface area contributed by atoms with Crippen molar-refractivity contribution in [3.63, 3.8) is 0 Å². The van der Waals surface area contributed by atoms with Crippen molar-refractivity contribution in [3.05, 3.63) is 47.8 Å². The summed E-state index contributed by atoms with van der Waals surface area (Å²) in [5, 5.41) is 8.06. The Morgan fingerprint density at radius 2 is 1.92 bits per heavy atom. The molecule has 8 heteroatoms. The first-order chi connectivity index (χ1) is 12.5. The molecular weight excluding hydrogens is 341 g/mol. The molecular formula is C18H18FN3O4. The Morgan fingerprint density at radius 1 is 1.12 bits per heavy atom. The van der Waals surface area contributed by atoms with E-state index in [2.05, 4.69) is 16.0 Å². The van der Waals surface area contributed by atoms with Crippen LogP contribution in [0.25, 0.3) is 0 Å². The minimum atomic E-state index is -0.544. The van der Waals surface area contributed by atoms with Crippen molar-refractivity contribution >= 4 is 23.2 Å². The Morgan fingerprint density at radius 3 is 2.73 bits per heavy atom. The molecule has 0 spiro atoms. The molecule has 0 unspecified atom stereocenters. The average molecular weight is 359 g/mol. The predicted octanol–water partition coefficient (Wildman–Crippen LogP) is 2.24. The lowest BCUT2D eigenvalue weighted by molar-refractivity contribution is -0.119. The van der Waals surface area contributed by atoms with Crippen LogP contribution >= 0.6 is 0 Å². The van der Waals surface area contributed by atoms with Crippen molar-refractivity contribution in [1.29, 1.82) is 0 Å². The summed E-state index contributed by atoms with van der Waals surface area (Å²) in [4.78, 5) is 23.0. The van der Waals surface area contributed by atoms with Crippen LogP contribution in [0.3, 0.4) is 0 Å². The maximum atomic E-state index is 13.6. The van der Waals surface area contributed by atoms with E-state index in [1.54, 1.807) is 6.07 Å². The van der Waals surface area contributed by atoms with Gasteiger partial charge in [0.2, 0.25) is 18.6 Å². The fraction of sp³-hybridized carbons (Fsp3) is 0.222. The Bertz CT molecular complexity index is 841. The Kier molecular flexibility index (Phi) is 5.21. The standard InChI is InChI=1S/C18H18FN3O4/c1-11(23)22-15-7-13(3-4-14(15)19)20-9-18(24)21-8-12-2-5-16-17(6-12)26-10-25-16/h2-7,20H,8-10H2,1H3,(H,21,24)(H,22,23). The second-order valence-electron chi connectivity index (χ2n) is 5.69. The van der Waals surface area contributed by atoms with Crippen molar-refractivity contribution in [2.24, 2.45) is 0 Å². The molecule has 0 fully saturated rings. The number of nitrogens with one attached hydrogen (secondary N) is 3. The lowest BCUT2D eigenvalue weighted by Gasteiger charge is -2.10. The van der Waals surface area contributed by atoms with Crippen LogP contribution < -0.4 is 25.4 Å². The van der Waals surface area contributed by atoms with Gasteiger partial charge in [-0.3, -0.25) is 9.59 Å². The lowest BCUT2D eigenvalue weighted by atomic mass is 10.2. The van der Waals surface area contributed by atoms with E-state index in [1.807, 2.05) is 12.1 Å². The van der Waals surface area contributed by atoms with Gasteiger partial charge in [-0.2, -0.15) is 0 Å². The molecule has 0 aromatic heterocycles. The monoisotopic (exact) mass is 359 g/mol. The summed E-state index contributed by atoms with van der Waals surface area (Å²) < 4.78 is 24.1. The predicted molar refractivity (Wildman–Crippen MR) is 93.6 cm³/mol. The van der Waals surface area contributed by atoms with Crippen LogP contribution in [0, 0.1) is 5.82 Å². The van der Waals surface area contributed by atoms with Gasteiger partial charge < -0.3 is 25.4 Å². The highest BCUT2D eigenvalue weighted by Crippen LogP contribution is 2.32. The summed E-state index contributed by atoms with van der Waals surface area (Å²) in [5.41, 5.74) is 1.47. The van der Waals surface area contributed by atoms with Gasteiger partial charge >= 0.3 is 0 Å². The highest BCUT2D eigenvalue weighted by atomic mass is 19.1. The Hall–Kier alpha value is -3.29. The van der Waals surface area contributed by atoms with E-state index in [-0.39, 0.29) is 30.8 Å². The summed E-state index contributed by atoms with van der Waals surface area (Å²) in [7, 11) is 0. The number of amides is 2. The fourth-order valence-corrected chi connectivity index (χ4v) is 2.42. The summed E-state index contributed by atoms with van der Waals surface area (Å²) in [6, 6.07) is 9.60. The third-order valence-electron chi connectivity index (χ3n) is 3.66. The normalized spacial score (nSPS) is 11.8. The molecule has 0 radical (unpaired) electrons. The number of carbonyl (C=O) groups is 2. The van der Waals surface area contributed by atoms with E-state index in [9.17, 15) is 14.0 Å². The number of halogens is 1. The van der Waals surface area contributed by atoms with Crippen molar-refractivity contribution in [2.75, 3.05) is 24.0 Å². The highest BCUT2D eigenvalue weighted by molar-refractivity contribution is 5.89. The average Bonchev–Trinajstić information content (AvgIpc) is 3.08. The first-order valence-electron chi connectivity index (χ1n) is 7.97. The fourth-order valence-electron chi connectivity index (χ4n) is 2.42. The van der Waals surface area contributed by atoms with E-state index in [1.165, 1.54) is 25.1 Å². The van der Waals surface area contributed by atoms with Crippen LogP contribution in [0.2, 0.25) is 0 Å². The van der Waals surface area contributed by atoms with Gasteiger partial charge in [-0.15, -0.1) is 0 Å². The molecule has 1 aliphatic rings. The van der Waals surface area contributed by atoms with Gasteiger partial charge in [0.1, 0.15) is 5.82 Å². The molecule has 2 amide bonds. The molecule has 2 aromatic rings. The van der Waals surface area contributed by atoms with Crippen LogP contribution in [-0.2, 0) is 16.1 Å². The molecule has 1 heterocycles. The third-order valence-corrected chi connectivity index (χ3v) is 3.66. The first-order valence-corrected chi connectivity index (χ1v) is 7.97. The topological polar surface area (TPSA) is 88.7 Å². The molecule has 0 saturated heterocycles. The maximum absolute atomic E-state index is 13.6. The smallest absolute Gasteiger partial charge is 0.239 e. The minimum Gasteiger partial charge on any atom is -0.454 e. The SMILES string of the molecule is CC(=O)Nc1cc(NCC(=O)NCc2ccc3c(c2)OCO3)ccc1F. The van der Waals surface area contributed by atoms with Crippen LogP contribution in [0.1, 0.15) is 12.5 Å². The van der Waals surface area contributed by atoms with Crippen LogP contribution in [-0.4, -0.2) is 25.2 Å². The number of hydrogen-bond acceptors (Lipinski definition) is 5. The van der Waals surface area contributed by atoms with Gasteiger partial charge in [0.25, 0.3) is 0 Å². The van der Waals surface area contributed by atoms with Gasteiger partial charge in [0, 0.05) is 19.2 Å². The molecule has 7 nitrogen and oxygen atoms in total. The van der Waals surface area contributed by atoms with E-state index in [4.69, 9.17) is 9.47 Å². The molecule has 0 bridgehead atoms. The van der Waals surface area contributed by atoms with E-state index in [0.717, 1.165) is 5.56 Å². The van der Waals surface area contributed by atoms with Crippen LogP contribution in [0.5, 0.6) is 11.5 Å². The zero-order valence-electron chi connectivity index (χ0n) is 14.1. The summed E-state index contributed by atoms with van der Waals surface area (Å²) in [6.45, 7) is 1.85. The van der Waals surface area contributed by atoms with E-state index < -0.39 is 5.82 Å². The third kappa shape index (κ3) is 4.41. The molecule has 0 aliphatic carbocycles. The number of ether oxygens (including phenoxy) is 2. The van der Waals surface area contributed by atoms with Gasteiger partial charge in [-0.05, 0) is 35.9 Å². The van der Waals surface area contributed by atoms with Crippen molar-refractivity contribution in [1.82, 2.24) is 5.32 Å². The number of carbonyl (C=O) groups excluding carboxylic acids is 2. The van der Waals surface area contributed by atoms with E-state index >= 15 is 0 Å². The second-order valence-corrected chi connectivity index (χ2v) is 5.69. The quantitative estimate of drug-likeness (QED) is 0.736. The second kappa shape index (κ2) is 7.73. The minimum absolute atomic E-state index is 0.00962. The molecule has 136 valence electrons. The maximum Gasteiger partial charge on any atom is 0.239 e. The van der Waals surface area contributed by atoms with Gasteiger partial charge in [0.15, 0.2) is 11.5 Å².